The monoisotopic (exact) mass is 364 g/mol. The lowest BCUT2D eigenvalue weighted by Gasteiger charge is -2.31. The predicted octanol–water partition coefficient (Wildman–Crippen LogP) is 2.75. The fourth-order valence-corrected chi connectivity index (χ4v) is 2.76. The summed E-state index contributed by atoms with van der Waals surface area (Å²) in [5.41, 5.74) is 6.33. The Hall–Kier alpha value is -0.650. The van der Waals surface area contributed by atoms with Crippen LogP contribution in [0.1, 0.15) is 18.4 Å². The number of amides is 1. The molecule has 2 N–H and O–H groups in total. The molecule has 2 rings (SSSR count). The molecule has 1 fully saturated rings. The summed E-state index contributed by atoms with van der Waals surface area (Å²) in [5, 5.41) is 0. The molecule has 0 spiro atoms. The minimum absolute atomic E-state index is 0. The van der Waals surface area contributed by atoms with Crippen molar-refractivity contribution in [3.8, 4) is 0 Å². The molecular formula is C14H19BrClFN2O. The number of nitrogens with two attached hydrogens (primary N) is 1. The maximum atomic E-state index is 13.2. The lowest BCUT2D eigenvalue weighted by molar-refractivity contribution is -0.131. The maximum absolute atomic E-state index is 13.2. The molecule has 0 radical (unpaired) electrons. The van der Waals surface area contributed by atoms with Crippen molar-refractivity contribution in [1.82, 2.24) is 4.90 Å². The highest BCUT2D eigenvalue weighted by atomic mass is 79.9. The van der Waals surface area contributed by atoms with E-state index in [2.05, 4.69) is 15.9 Å². The number of piperidine rings is 1. The number of hydrogen-bond donors (Lipinski definition) is 1. The van der Waals surface area contributed by atoms with Crippen LogP contribution in [0.5, 0.6) is 0 Å². The molecule has 1 aromatic carbocycles. The van der Waals surface area contributed by atoms with Gasteiger partial charge in [-0.3, -0.25) is 4.79 Å². The molecule has 1 aliphatic rings. The van der Waals surface area contributed by atoms with Crippen LogP contribution in [0.3, 0.4) is 0 Å². The van der Waals surface area contributed by atoms with Gasteiger partial charge in [0.1, 0.15) is 5.82 Å². The number of nitrogens with zero attached hydrogens (tertiary/aromatic N) is 1. The molecule has 0 aliphatic carbocycles. The summed E-state index contributed by atoms with van der Waals surface area (Å²) in [6.07, 6.45) is 2.17. The third-order valence-corrected chi connectivity index (χ3v) is 4.42. The van der Waals surface area contributed by atoms with E-state index < -0.39 is 0 Å². The van der Waals surface area contributed by atoms with Gasteiger partial charge in [0.05, 0.1) is 6.42 Å². The van der Waals surface area contributed by atoms with E-state index in [1.54, 1.807) is 6.07 Å². The SMILES string of the molecule is Cl.NCC1CCN(C(=O)Cc2cc(F)ccc2Br)CC1. The molecule has 0 unspecified atom stereocenters. The molecule has 1 aliphatic heterocycles. The second-order valence-corrected chi connectivity index (χ2v) is 5.83. The molecule has 1 saturated heterocycles. The van der Waals surface area contributed by atoms with Crippen LogP contribution in [-0.2, 0) is 11.2 Å². The summed E-state index contributed by atoms with van der Waals surface area (Å²) in [6, 6.07) is 4.43. The molecular weight excluding hydrogens is 347 g/mol. The van der Waals surface area contributed by atoms with Crippen molar-refractivity contribution in [1.29, 1.82) is 0 Å². The van der Waals surface area contributed by atoms with E-state index in [4.69, 9.17) is 5.73 Å². The Balaban J connectivity index is 0.00000200. The number of likely N-dealkylation sites (tertiary alicyclic amines) is 1. The average molecular weight is 366 g/mol. The molecule has 3 nitrogen and oxygen atoms in total. The minimum atomic E-state index is -0.312. The number of hydrogen-bond acceptors (Lipinski definition) is 2. The van der Waals surface area contributed by atoms with Crippen LogP contribution >= 0.6 is 28.3 Å². The summed E-state index contributed by atoms with van der Waals surface area (Å²) >= 11 is 3.35. The smallest absolute Gasteiger partial charge is 0.227 e. The van der Waals surface area contributed by atoms with Gasteiger partial charge in [-0.05, 0) is 49.1 Å². The molecule has 20 heavy (non-hydrogen) atoms. The van der Waals surface area contributed by atoms with Gasteiger partial charge in [0.2, 0.25) is 5.91 Å². The Morgan fingerprint density at radius 1 is 1.40 bits per heavy atom. The average Bonchev–Trinajstić information content (AvgIpc) is 2.43. The van der Waals surface area contributed by atoms with Gasteiger partial charge >= 0.3 is 0 Å². The first-order valence-electron chi connectivity index (χ1n) is 6.52. The lowest BCUT2D eigenvalue weighted by Crippen LogP contribution is -2.40. The number of carbonyl (C=O) groups is 1. The van der Waals surface area contributed by atoms with Crippen LogP contribution in [0.15, 0.2) is 22.7 Å². The second-order valence-electron chi connectivity index (χ2n) is 4.97. The summed E-state index contributed by atoms with van der Waals surface area (Å²) in [6.45, 7) is 2.21. The quantitative estimate of drug-likeness (QED) is 0.895. The van der Waals surface area contributed by atoms with Crippen molar-refractivity contribution in [2.75, 3.05) is 19.6 Å². The molecule has 0 saturated carbocycles. The van der Waals surface area contributed by atoms with E-state index >= 15 is 0 Å². The first-order chi connectivity index (χ1) is 9.10. The number of halogens is 3. The second kappa shape index (κ2) is 7.96. The predicted molar refractivity (Wildman–Crippen MR) is 83.4 cm³/mol. The first-order valence-corrected chi connectivity index (χ1v) is 7.31. The highest BCUT2D eigenvalue weighted by molar-refractivity contribution is 9.10. The summed E-state index contributed by atoms with van der Waals surface area (Å²) in [7, 11) is 0. The van der Waals surface area contributed by atoms with Crippen LogP contribution in [-0.4, -0.2) is 30.4 Å². The van der Waals surface area contributed by atoms with E-state index in [1.165, 1.54) is 12.1 Å². The minimum Gasteiger partial charge on any atom is -0.342 e. The molecule has 6 heteroatoms. The molecule has 1 heterocycles. The number of rotatable bonds is 3. The molecule has 0 atom stereocenters. The van der Waals surface area contributed by atoms with Gasteiger partial charge in [-0.2, -0.15) is 0 Å². The Morgan fingerprint density at radius 2 is 2.05 bits per heavy atom. The molecule has 0 aromatic heterocycles. The molecule has 112 valence electrons. The highest BCUT2D eigenvalue weighted by Crippen LogP contribution is 2.21. The zero-order valence-corrected chi connectivity index (χ0v) is 13.6. The van der Waals surface area contributed by atoms with Crippen molar-refractivity contribution in [2.24, 2.45) is 11.7 Å². The van der Waals surface area contributed by atoms with Gasteiger partial charge in [-0.25, -0.2) is 4.39 Å². The Morgan fingerprint density at radius 3 is 2.65 bits per heavy atom. The topological polar surface area (TPSA) is 46.3 Å². The van der Waals surface area contributed by atoms with Crippen LogP contribution in [0.2, 0.25) is 0 Å². The van der Waals surface area contributed by atoms with Gasteiger partial charge in [0, 0.05) is 17.6 Å². The third kappa shape index (κ3) is 4.43. The normalized spacial score (nSPS) is 15.8. The van der Waals surface area contributed by atoms with Crippen molar-refractivity contribution in [3.05, 3.63) is 34.1 Å². The van der Waals surface area contributed by atoms with Crippen molar-refractivity contribution in [2.45, 2.75) is 19.3 Å². The van der Waals surface area contributed by atoms with E-state index in [0.717, 1.165) is 30.4 Å². The Bertz CT molecular complexity index is 464. The zero-order valence-electron chi connectivity index (χ0n) is 11.1. The van der Waals surface area contributed by atoms with E-state index in [-0.39, 0.29) is 30.6 Å². The van der Waals surface area contributed by atoms with Gasteiger partial charge in [0.15, 0.2) is 0 Å². The molecule has 1 aromatic rings. The Kier molecular flexibility index (Phi) is 6.92. The van der Waals surface area contributed by atoms with Gasteiger partial charge in [0.25, 0.3) is 0 Å². The third-order valence-electron chi connectivity index (χ3n) is 3.65. The lowest BCUT2D eigenvalue weighted by atomic mass is 9.96. The fourth-order valence-electron chi connectivity index (χ4n) is 2.37. The highest BCUT2D eigenvalue weighted by Gasteiger charge is 2.22. The number of benzene rings is 1. The standard InChI is InChI=1S/C14H18BrFN2O.ClH/c15-13-2-1-12(16)7-11(13)8-14(19)18-5-3-10(9-17)4-6-18;/h1-2,7,10H,3-6,8-9,17H2;1H. The van der Waals surface area contributed by atoms with Crippen LogP contribution in [0.4, 0.5) is 4.39 Å². The van der Waals surface area contributed by atoms with Crippen molar-refractivity contribution >= 4 is 34.2 Å². The van der Waals surface area contributed by atoms with Gasteiger partial charge in [-0.1, -0.05) is 15.9 Å². The first kappa shape index (κ1) is 17.4. The Labute approximate surface area is 133 Å². The van der Waals surface area contributed by atoms with E-state index in [1.807, 2.05) is 4.90 Å². The van der Waals surface area contributed by atoms with Crippen LogP contribution in [0.25, 0.3) is 0 Å². The van der Waals surface area contributed by atoms with Crippen LogP contribution < -0.4 is 5.73 Å². The summed E-state index contributed by atoms with van der Waals surface area (Å²) < 4.78 is 14.0. The number of carbonyl (C=O) groups excluding carboxylic acids is 1. The molecule has 1 amide bonds. The molecule has 0 bridgehead atoms. The summed E-state index contributed by atoms with van der Waals surface area (Å²) in [5.74, 6) is 0.277. The van der Waals surface area contributed by atoms with E-state index in [9.17, 15) is 9.18 Å². The van der Waals surface area contributed by atoms with Gasteiger partial charge < -0.3 is 10.6 Å². The largest absolute Gasteiger partial charge is 0.342 e. The van der Waals surface area contributed by atoms with Crippen molar-refractivity contribution < 1.29 is 9.18 Å². The van der Waals surface area contributed by atoms with E-state index in [0.29, 0.717) is 18.0 Å². The fraction of sp³-hybridized carbons (Fsp3) is 0.500. The maximum Gasteiger partial charge on any atom is 0.227 e. The summed E-state index contributed by atoms with van der Waals surface area (Å²) in [4.78, 5) is 14.0. The van der Waals surface area contributed by atoms with Crippen LogP contribution in [0, 0.1) is 11.7 Å². The van der Waals surface area contributed by atoms with Crippen molar-refractivity contribution in [3.63, 3.8) is 0 Å². The zero-order chi connectivity index (χ0) is 13.8. The van der Waals surface area contributed by atoms with Gasteiger partial charge in [-0.15, -0.1) is 12.4 Å².